The lowest BCUT2D eigenvalue weighted by molar-refractivity contribution is 0.454. The average Bonchev–Trinajstić information content (AvgIpc) is 2.40. The molecule has 0 bridgehead atoms. The first kappa shape index (κ1) is 13.4. The molecule has 2 aromatic carbocycles. The highest BCUT2D eigenvalue weighted by atomic mass is 35.5. The number of benzene rings is 2. The van der Waals surface area contributed by atoms with E-state index >= 15 is 0 Å². The van der Waals surface area contributed by atoms with Gasteiger partial charge in [0.05, 0.1) is 0 Å². The second-order valence-corrected chi connectivity index (χ2v) is 6.39. The number of para-hydroxylation sites is 1. The molecule has 0 aliphatic carbocycles. The molecule has 1 aliphatic rings. The summed E-state index contributed by atoms with van der Waals surface area (Å²) in [5.74, 6) is 0.382. The maximum Gasteiger partial charge on any atom is 0.382 e. The molecule has 1 heterocycles. The smallest absolute Gasteiger partial charge is 0.370 e. The maximum absolute atomic E-state index is 11.6. The number of hydrogen-bond donors (Lipinski definition) is 1. The Balaban J connectivity index is 2.18. The third kappa shape index (κ3) is 2.40. The average molecular weight is 310 g/mol. The summed E-state index contributed by atoms with van der Waals surface area (Å²) in [5, 5.41) is 0.675. The summed E-state index contributed by atoms with van der Waals surface area (Å²) in [5.41, 5.74) is 3.36. The standard InChI is InChI=1S/C14H12ClNO3S/c1-9-7-10(5-6-13(9)15)12-4-2-3-11-8-16-20(17,18)19-14(11)12/h2-7,16H,8H2,1H3. The Bertz CT molecular complexity index is 787. The van der Waals surface area contributed by atoms with Crippen LogP contribution in [0.2, 0.25) is 5.02 Å². The first-order valence-electron chi connectivity index (χ1n) is 6.04. The lowest BCUT2D eigenvalue weighted by atomic mass is 10.00. The van der Waals surface area contributed by atoms with Crippen molar-refractivity contribution in [3.63, 3.8) is 0 Å². The van der Waals surface area contributed by atoms with Crippen LogP contribution >= 0.6 is 11.6 Å². The van der Waals surface area contributed by atoms with Gasteiger partial charge in [-0.25, -0.2) is 0 Å². The van der Waals surface area contributed by atoms with Crippen LogP contribution in [0.5, 0.6) is 5.75 Å². The molecule has 104 valence electrons. The van der Waals surface area contributed by atoms with Crippen LogP contribution < -0.4 is 8.91 Å². The highest BCUT2D eigenvalue weighted by Crippen LogP contribution is 2.37. The summed E-state index contributed by atoms with van der Waals surface area (Å²) in [6.07, 6.45) is 0. The predicted molar refractivity (Wildman–Crippen MR) is 78.0 cm³/mol. The summed E-state index contributed by atoms with van der Waals surface area (Å²) in [6, 6.07) is 11.1. The zero-order valence-corrected chi connectivity index (χ0v) is 12.3. The lowest BCUT2D eigenvalue weighted by Gasteiger charge is -2.20. The fourth-order valence-corrected chi connectivity index (χ4v) is 3.09. The van der Waals surface area contributed by atoms with Crippen LogP contribution in [-0.2, 0) is 16.8 Å². The molecular weight excluding hydrogens is 298 g/mol. The van der Waals surface area contributed by atoms with Crippen LogP contribution in [0.1, 0.15) is 11.1 Å². The maximum atomic E-state index is 11.6. The van der Waals surface area contributed by atoms with Crippen molar-refractivity contribution in [2.24, 2.45) is 0 Å². The largest absolute Gasteiger partial charge is 0.382 e. The zero-order chi connectivity index (χ0) is 14.3. The summed E-state index contributed by atoms with van der Waals surface area (Å²) in [7, 11) is -3.72. The Morgan fingerprint density at radius 3 is 2.80 bits per heavy atom. The molecule has 0 radical (unpaired) electrons. The fraction of sp³-hybridized carbons (Fsp3) is 0.143. The number of nitrogens with one attached hydrogen (secondary N) is 1. The fourth-order valence-electron chi connectivity index (χ4n) is 2.17. The van der Waals surface area contributed by atoms with E-state index in [0.717, 1.165) is 22.3 Å². The quantitative estimate of drug-likeness (QED) is 0.881. The molecule has 0 unspecified atom stereocenters. The number of fused-ring (bicyclic) bond motifs is 1. The predicted octanol–water partition coefficient (Wildman–Crippen LogP) is 3.04. The van der Waals surface area contributed by atoms with E-state index in [9.17, 15) is 8.42 Å². The first-order chi connectivity index (χ1) is 9.46. The van der Waals surface area contributed by atoms with Gasteiger partial charge in [-0.15, -0.1) is 0 Å². The molecule has 4 nitrogen and oxygen atoms in total. The van der Waals surface area contributed by atoms with Crippen molar-refractivity contribution in [3.05, 3.63) is 52.5 Å². The minimum atomic E-state index is -3.72. The molecule has 0 saturated heterocycles. The van der Waals surface area contributed by atoms with Crippen LogP contribution in [0.15, 0.2) is 36.4 Å². The van der Waals surface area contributed by atoms with Gasteiger partial charge in [-0.05, 0) is 30.2 Å². The van der Waals surface area contributed by atoms with Crippen LogP contribution in [0, 0.1) is 6.92 Å². The van der Waals surface area contributed by atoms with Crippen LogP contribution in [0.3, 0.4) is 0 Å². The summed E-state index contributed by atoms with van der Waals surface area (Å²) < 4.78 is 30.6. The topological polar surface area (TPSA) is 55.4 Å². The van der Waals surface area contributed by atoms with E-state index in [1.54, 1.807) is 6.07 Å². The second kappa shape index (κ2) is 4.77. The normalized spacial score (nSPS) is 16.3. The molecule has 0 atom stereocenters. The molecule has 0 spiro atoms. The van der Waals surface area contributed by atoms with Crippen LogP contribution in [-0.4, -0.2) is 8.42 Å². The molecule has 1 N–H and O–H groups in total. The van der Waals surface area contributed by atoms with E-state index in [1.165, 1.54) is 0 Å². The molecule has 0 aromatic heterocycles. The van der Waals surface area contributed by atoms with Crippen LogP contribution in [0.25, 0.3) is 11.1 Å². The third-order valence-corrected chi connectivity index (χ3v) is 4.51. The Hall–Kier alpha value is -1.56. The van der Waals surface area contributed by atoms with Crippen molar-refractivity contribution in [1.29, 1.82) is 0 Å². The van der Waals surface area contributed by atoms with Gasteiger partial charge >= 0.3 is 10.3 Å². The first-order valence-corrected chi connectivity index (χ1v) is 7.82. The van der Waals surface area contributed by atoms with Gasteiger partial charge in [-0.1, -0.05) is 35.9 Å². The third-order valence-electron chi connectivity index (χ3n) is 3.20. The van der Waals surface area contributed by atoms with Gasteiger partial charge in [0.15, 0.2) is 5.75 Å². The zero-order valence-electron chi connectivity index (χ0n) is 10.7. The minimum absolute atomic E-state index is 0.234. The van der Waals surface area contributed by atoms with Crippen molar-refractivity contribution in [2.75, 3.05) is 0 Å². The van der Waals surface area contributed by atoms with E-state index in [-0.39, 0.29) is 6.54 Å². The van der Waals surface area contributed by atoms with Crippen molar-refractivity contribution >= 4 is 21.9 Å². The molecule has 0 fully saturated rings. The molecule has 0 amide bonds. The van der Waals surface area contributed by atoms with E-state index in [1.807, 2.05) is 37.3 Å². The van der Waals surface area contributed by atoms with Gasteiger partial charge < -0.3 is 4.18 Å². The van der Waals surface area contributed by atoms with Crippen molar-refractivity contribution in [3.8, 4) is 16.9 Å². The number of aryl methyl sites for hydroxylation is 1. The van der Waals surface area contributed by atoms with Crippen molar-refractivity contribution < 1.29 is 12.6 Å². The number of hydrogen-bond acceptors (Lipinski definition) is 3. The summed E-state index contributed by atoms with van der Waals surface area (Å²) in [6.45, 7) is 2.14. The lowest BCUT2D eigenvalue weighted by Crippen LogP contribution is -2.32. The van der Waals surface area contributed by atoms with Gasteiger partial charge in [-0.2, -0.15) is 13.1 Å². The van der Waals surface area contributed by atoms with Gasteiger partial charge in [0, 0.05) is 22.7 Å². The molecule has 0 saturated carbocycles. The highest BCUT2D eigenvalue weighted by Gasteiger charge is 2.24. The van der Waals surface area contributed by atoms with Crippen LogP contribution in [0.4, 0.5) is 0 Å². The molecule has 2 aromatic rings. The van der Waals surface area contributed by atoms with Gasteiger partial charge in [-0.3, -0.25) is 0 Å². The number of halogens is 1. The van der Waals surface area contributed by atoms with Crippen molar-refractivity contribution in [2.45, 2.75) is 13.5 Å². The Morgan fingerprint density at radius 2 is 2.05 bits per heavy atom. The molecule has 1 aliphatic heterocycles. The molecule has 20 heavy (non-hydrogen) atoms. The number of rotatable bonds is 1. The monoisotopic (exact) mass is 309 g/mol. The Morgan fingerprint density at radius 1 is 1.25 bits per heavy atom. The van der Waals surface area contributed by atoms with Crippen molar-refractivity contribution in [1.82, 2.24) is 4.72 Å². The van der Waals surface area contributed by atoms with Gasteiger partial charge in [0.1, 0.15) is 0 Å². The second-order valence-electron chi connectivity index (χ2n) is 4.62. The molecule has 3 rings (SSSR count). The van der Waals surface area contributed by atoms with E-state index < -0.39 is 10.3 Å². The van der Waals surface area contributed by atoms with E-state index in [4.69, 9.17) is 15.8 Å². The van der Waals surface area contributed by atoms with E-state index in [0.29, 0.717) is 10.8 Å². The van der Waals surface area contributed by atoms with Gasteiger partial charge in [0.2, 0.25) is 0 Å². The minimum Gasteiger partial charge on any atom is -0.370 e. The highest BCUT2D eigenvalue weighted by molar-refractivity contribution is 7.85. The SMILES string of the molecule is Cc1cc(-c2cccc3c2OS(=O)(=O)NC3)ccc1Cl. The summed E-state index contributed by atoms with van der Waals surface area (Å²) >= 11 is 6.02. The van der Waals surface area contributed by atoms with Gasteiger partial charge in [0.25, 0.3) is 0 Å². The van der Waals surface area contributed by atoms with E-state index in [2.05, 4.69) is 4.72 Å². The Labute approximate surface area is 122 Å². The Kier molecular flexibility index (Phi) is 3.20. The molecule has 6 heteroatoms. The summed E-state index contributed by atoms with van der Waals surface area (Å²) in [4.78, 5) is 0. The molecular formula is C14H12ClNO3S.